The molecule has 0 radical (unpaired) electrons. The molecular weight excluding hydrogens is 898 g/mol. The van der Waals surface area contributed by atoms with Crippen LogP contribution in [0.2, 0.25) is 0 Å². The first-order chi connectivity index (χ1) is 29.9. The van der Waals surface area contributed by atoms with Crippen LogP contribution in [0.3, 0.4) is 0 Å². The number of unbranched alkanes of at least 4 members (excludes halogenated alkanes) is 1. The van der Waals surface area contributed by atoms with Gasteiger partial charge in [0.05, 0.1) is 31.8 Å². The molecule has 10 atom stereocenters. The zero-order valence-electron chi connectivity index (χ0n) is 35.9. The Kier molecular flexibility index (Phi) is 15.4. The molecule has 3 amide bonds. The molecule has 4 fully saturated rings. The number of hydrogen-bond acceptors (Lipinski definition) is 10. The van der Waals surface area contributed by atoms with E-state index in [0.29, 0.717) is 37.5 Å². The molecule has 2 saturated heterocycles. The van der Waals surface area contributed by atoms with Crippen LogP contribution < -0.4 is 4.74 Å². The van der Waals surface area contributed by atoms with Crippen molar-refractivity contribution in [3.05, 3.63) is 29.3 Å². The fraction of sp³-hybridized carbons (Fsp3) is 0.805. The molecule has 0 bridgehead atoms. The monoisotopic (exact) mass is 954 g/mol. The fourth-order valence-corrected chi connectivity index (χ4v) is 11.3. The number of phosphoric ester groups is 1. The summed E-state index contributed by atoms with van der Waals surface area (Å²) in [5.74, 6) is 0.627. The van der Waals surface area contributed by atoms with Gasteiger partial charge in [-0.3, -0.25) is 23.6 Å². The maximum absolute atomic E-state index is 13.6. The molecule has 1 aromatic rings. The van der Waals surface area contributed by atoms with Crippen molar-refractivity contribution in [1.82, 2.24) is 9.80 Å². The summed E-state index contributed by atoms with van der Waals surface area (Å²) in [5.41, 5.74) is -4.24. The maximum atomic E-state index is 13.6. The van der Waals surface area contributed by atoms with E-state index >= 15 is 0 Å². The molecule has 1 aromatic carbocycles. The SMILES string of the molecule is COC[C@H]1O[C@@H](N2CC(C)C(=O)N(CCCCOc3ccc4c(c3)CCC3C4CCC4(C)C(OCCCOC(C(F)(F)F)(C(F)(F)F)C(F)(F)F)CCC34)C2=O)C[C@H]1OP(=O)(O)OC. The summed E-state index contributed by atoms with van der Waals surface area (Å²) < 4.78 is 168. The lowest BCUT2D eigenvalue weighted by molar-refractivity contribution is -0.457. The predicted molar refractivity (Wildman–Crippen MR) is 207 cm³/mol. The zero-order chi connectivity index (χ0) is 47.0. The van der Waals surface area contributed by atoms with E-state index in [1.807, 2.05) is 12.1 Å². The van der Waals surface area contributed by atoms with Crippen LogP contribution >= 0.6 is 7.82 Å². The molecule has 0 spiro atoms. The van der Waals surface area contributed by atoms with Crippen molar-refractivity contribution in [3.63, 3.8) is 0 Å². The standard InChI is InChI=1S/C41H56F9N2O11P/c1-24-22-52(34-21-31(32(62-34)23-57-3)63-64(55,56)58-4)36(54)51(35(24)53)16-5-6-17-59-26-9-11-27-25(20-26)8-10-29-28(27)14-15-37(2)30(29)12-13-33(37)60-18-7-19-61-38(39(42,43)44,40(45,46)47)41(48,49)50/h9,11,20,24,28-34H,5-8,10,12-19,21-23H2,1-4H3,(H,55,56)/t24?,28?,29?,30?,31-,32-,33?,34-,37?/m1/s1. The average molecular weight is 955 g/mol. The van der Waals surface area contributed by atoms with Crippen molar-refractivity contribution in [2.75, 3.05) is 53.7 Å². The van der Waals surface area contributed by atoms with Gasteiger partial charge in [-0.1, -0.05) is 19.9 Å². The number of carbonyl (C=O) groups excluding carboxylic acids is 2. The number of amides is 3. The van der Waals surface area contributed by atoms with E-state index in [-0.39, 0.29) is 62.0 Å². The first-order valence-corrected chi connectivity index (χ1v) is 22.9. The highest BCUT2D eigenvalue weighted by Crippen LogP contribution is 2.62. The number of imide groups is 1. The van der Waals surface area contributed by atoms with Crippen LogP contribution in [0.25, 0.3) is 0 Å². The second-order valence-electron chi connectivity index (χ2n) is 17.6. The Morgan fingerprint density at radius 2 is 1.62 bits per heavy atom. The van der Waals surface area contributed by atoms with Crippen LogP contribution in [0.5, 0.6) is 5.75 Å². The largest absolute Gasteiger partial charge is 0.494 e. The van der Waals surface area contributed by atoms with Crippen LogP contribution in [-0.4, -0.2) is 129 Å². The molecule has 2 aliphatic heterocycles. The van der Waals surface area contributed by atoms with Gasteiger partial charge in [0.25, 0.3) is 0 Å². The van der Waals surface area contributed by atoms with Crippen molar-refractivity contribution >= 4 is 19.8 Å². The summed E-state index contributed by atoms with van der Waals surface area (Å²) in [6.45, 7) is 2.56. The Bertz CT molecular complexity index is 1820. The lowest BCUT2D eigenvalue weighted by Crippen LogP contribution is -2.67. The minimum absolute atomic E-state index is 0.0325. The van der Waals surface area contributed by atoms with E-state index in [2.05, 4.69) is 22.3 Å². The van der Waals surface area contributed by atoms with E-state index in [9.17, 15) is 58.6 Å². The second-order valence-corrected chi connectivity index (χ2v) is 19.1. The van der Waals surface area contributed by atoms with Crippen molar-refractivity contribution in [1.29, 1.82) is 0 Å². The molecular formula is C41H56F9N2O11P. The molecule has 2 saturated carbocycles. The minimum atomic E-state index is -6.77. The molecule has 1 N–H and O–H groups in total. The number of alkyl halides is 9. The fourth-order valence-electron chi connectivity index (χ4n) is 10.6. The van der Waals surface area contributed by atoms with E-state index in [1.54, 1.807) is 6.92 Å². The number of benzene rings is 1. The van der Waals surface area contributed by atoms with E-state index in [4.69, 9.17) is 23.5 Å². The number of rotatable bonds is 18. The topological polar surface area (TPSA) is 143 Å². The number of aryl methyl sites for hydroxylation is 1. The Hall–Kier alpha value is -2.72. The summed E-state index contributed by atoms with van der Waals surface area (Å²) in [7, 11) is -1.89. The summed E-state index contributed by atoms with van der Waals surface area (Å²) in [4.78, 5) is 39.2. The average Bonchev–Trinajstić information content (AvgIpc) is 3.75. The van der Waals surface area contributed by atoms with Gasteiger partial charge < -0.3 is 28.6 Å². The molecule has 23 heteroatoms. The molecule has 364 valence electrons. The number of hydrogen-bond donors (Lipinski definition) is 1. The van der Waals surface area contributed by atoms with Crippen LogP contribution in [0.15, 0.2) is 18.2 Å². The molecule has 6 rings (SSSR count). The molecule has 3 aliphatic carbocycles. The second kappa shape index (κ2) is 19.5. The number of carbonyl (C=O) groups is 2. The molecule has 2 heterocycles. The van der Waals surface area contributed by atoms with Crippen LogP contribution in [-0.2, 0) is 43.8 Å². The summed E-state index contributed by atoms with van der Waals surface area (Å²) in [6.07, 6.45) is -18.1. The number of phosphoric acid groups is 1. The normalized spacial score (nSPS) is 31.2. The van der Waals surface area contributed by atoms with Crippen LogP contribution in [0.4, 0.5) is 44.3 Å². The van der Waals surface area contributed by atoms with Crippen molar-refractivity contribution in [3.8, 4) is 5.75 Å². The number of nitrogens with zero attached hydrogens (tertiary/aromatic N) is 2. The van der Waals surface area contributed by atoms with Crippen molar-refractivity contribution in [2.45, 2.75) is 133 Å². The summed E-state index contributed by atoms with van der Waals surface area (Å²) in [5, 5.41) is 0. The number of halogens is 9. The van der Waals surface area contributed by atoms with E-state index < -0.39 is 75.4 Å². The zero-order valence-corrected chi connectivity index (χ0v) is 36.8. The highest BCUT2D eigenvalue weighted by atomic mass is 31.2. The summed E-state index contributed by atoms with van der Waals surface area (Å²) >= 11 is 0. The third-order valence-electron chi connectivity index (χ3n) is 13.8. The highest BCUT2D eigenvalue weighted by Gasteiger charge is 2.85. The van der Waals surface area contributed by atoms with Gasteiger partial charge in [-0.25, -0.2) is 9.36 Å². The van der Waals surface area contributed by atoms with Crippen LogP contribution in [0.1, 0.15) is 88.7 Å². The quantitative estimate of drug-likeness (QED) is 0.0858. The van der Waals surface area contributed by atoms with E-state index in [0.717, 1.165) is 44.8 Å². The molecule has 7 unspecified atom stereocenters. The van der Waals surface area contributed by atoms with Gasteiger partial charge in [-0.15, -0.1) is 0 Å². The highest BCUT2D eigenvalue weighted by molar-refractivity contribution is 7.47. The van der Waals surface area contributed by atoms with Gasteiger partial charge in [0.15, 0.2) is 0 Å². The summed E-state index contributed by atoms with van der Waals surface area (Å²) in [6, 6.07) is 5.48. The van der Waals surface area contributed by atoms with Gasteiger partial charge in [0.2, 0.25) is 5.91 Å². The maximum Gasteiger partial charge on any atom is 0.472 e. The molecule has 5 aliphatic rings. The van der Waals surface area contributed by atoms with E-state index in [1.165, 1.54) is 22.5 Å². The Morgan fingerprint density at radius 1 is 0.922 bits per heavy atom. The molecule has 64 heavy (non-hydrogen) atoms. The van der Waals surface area contributed by atoms with Crippen molar-refractivity contribution < 1.29 is 91.3 Å². The first-order valence-electron chi connectivity index (χ1n) is 21.4. The van der Waals surface area contributed by atoms with Gasteiger partial charge in [-0.2, -0.15) is 39.5 Å². The minimum Gasteiger partial charge on any atom is -0.494 e. The number of fused-ring (bicyclic) bond motifs is 5. The third kappa shape index (κ3) is 10.1. The third-order valence-corrected chi connectivity index (χ3v) is 14.8. The van der Waals surface area contributed by atoms with Gasteiger partial charge >= 0.3 is 38.0 Å². The molecule has 0 aromatic heterocycles. The Morgan fingerprint density at radius 3 is 2.28 bits per heavy atom. The van der Waals surface area contributed by atoms with Gasteiger partial charge in [0.1, 0.15) is 24.2 Å². The number of methoxy groups -OCH3 is 1. The van der Waals surface area contributed by atoms with Crippen LogP contribution in [0, 0.1) is 23.2 Å². The molecule has 13 nitrogen and oxygen atoms in total. The first kappa shape index (κ1) is 50.7. The Balaban J connectivity index is 0.967. The number of urea groups is 1. The lowest BCUT2D eigenvalue weighted by Gasteiger charge is -2.50. The van der Waals surface area contributed by atoms with Crippen molar-refractivity contribution in [2.24, 2.45) is 23.2 Å². The number of ether oxygens (including phenoxy) is 5. The smallest absolute Gasteiger partial charge is 0.472 e. The Labute approximate surface area is 365 Å². The van der Waals surface area contributed by atoms with Gasteiger partial charge in [0, 0.05) is 40.3 Å². The van der Waals surface area contributed by atoms with Gasteiger partial charge in [-0.05, 0) is 104 Å². The predicted octanol–water partition coefficient (Wildman–Crippen LogP) is 8.71. The lowest BCUT2D eigenvalue weighted by atomic mass is 9.55.